The van der Waals surface area contributed by atoms with Gasteiger partial charge in [-0.25, -0.2) is 10.9 Å². The second kappa shape index (κ2) is 3.17. The maximum Gasteiger partial charge on any atom is 0.235 e. The third kappa shape index (κ3) is 1.44. The molecule has 1 aromatic rings. The molecule has 1 aromatic heterocycles. The molecule has 0 bridgehead atoms. The van der Waals surface area contributed by atoms with E-state index in [9.17, 15) is 0 Å². The van der Waals surface area contributed by atoms with Crippen molar-refractivity contribution < 1.29 is 0 Å². The molecule has 0 unspecified atom stereocenters. The first-order valence-electron chi connectivity index (χ1n) is 3.22. The van der Waals surface area contributed by atoms with Crippen molar-refractivity contribution in [1.29, 1.82) is 0 Å². The smallest absolute Gasteiger partial charge is 0.235 e. The number of nitrogens with zero attached hydrogens (tertiary/aromatic N) is 3. The third-order valence-electron chi connectivity index (χ3n) is 1.14. The normalized spacial score (nSPS) is 9.80. The lowest BCUT2D eigenvalue weighted by atomic mass is 10.5. The predicted octanol–water partition coefficient (Wildman–Crippen LogP) is -0.105. The lowest BCUT2D eigenvalue weighted by Gasteiger charge is -2.11. The number of hydrogen-bond donors (Lipinski definition) is 2. The highest BCUT2D eigenvalue weighted by atomic mass is 15.5. The van der Waals surface area contributed by atoms with Crippen molar-refractivity contribution in [3.8, 4) is 0 Å². The van der Waals surface area contributed by atoms with Crippen LogP contribution in [0.1, 0.15) is 13.3 Å². The van der Waals surface area contributed by atoms with E-state index in [1.54, 1.807) is 0 Å². The summed E-state index contributed by atoms with van der Waals surface area (Å²) < 4.78 is 0. The van der Waals surface area contributed by atoms with E-state index in [2.05, 4.69) is 22.1 Å². The number of anilines is 1. The zero-order valence-corrected chi connectivity index (χ0v) is 5.91. The fourth-order valence-corrected chi connectivity index (χ4v) is 0.684. The highest BCUT2D eigenvalue weighted by Crippen LogP contribution is 1.97. The van der Waals surface area contributed by atoms with Crippen LogP contribution in [0.5, 0.6) is 0 Å². The van der Waals surface area contributed by atoms with Crippen LogP contribution >= 0.6 is 0 Å². The molecule has 0 saturated carbocycles. The minimum absolute atomic E-state index is 0.613. The van der Waals surface area contributed by atoms with Crippen molar-refractivity contribution in [2.75, 3.05) is 11.6 Å². The molecular formula is C5H11N5. The van der Waals surface area contributed by atoms with Gasteiger partial charge in [0.15, 0.2) is 0 Å². The van der Waals surface area contributed by atoms with Crippen molar-refractivity contribution in [3.05, 3.63) is 6.33 Å². The first-order valence-corrected chi connectivity index (χ1v) is 3.22. The van der Waals surface area contributed by atoms with Crippen molar-refractivity contribution in [2.24, 2.45) is 5.84 Å². The molecule has 0 fully saturated rings. The maximum atomic E-state index is 5.55. The van der Waals surface area contributed by atoms with Crippen LogP contribution in [-0.4, -0.2) is 21.7 Å². The fourth-order valence-electron chi connectivity index (χ4n) is 0.684. The summed E-state index contributed by atoms with van der Waals surface area (Å²) in [4.78, 5) is 3.87. The Hall–Kier alpha value is -1.10. The first kappa shape index (κ1) is 7.01. The molecule has 0 spiro atoms. The van der Waals surface area contributed by atoms with Gasteiger partial charge in [0.1, 0.15) is 6.33 Å². The summed E-state index contributed by atoms with van der Waals surface area (Å²) in [5, 5.41) is 7.86. The Morgan fingerprint density at radius 1 is 1.80 bits per heavy atom. The van der Waals surface area contributed by atoms with E-state index < -0.39 is 0 Å². The highest BCUT2D eigenvalue weighted by molar-refractivity contribution is 5.22. The number of nitrogens with two attached hydrogens (primary N) is 1. The van der Waals surface area contributed by atoms with Gasteiger partial charge < -0.3 is 0 Å². The molecule has 0 radical (unpaired) electrons. The molecule has 56 valence electrons. The zero-order valence-electron chi connectivity index (χ0n) is 5.91. The first-order chi connectivity index (χ1) is 4.84. The van der Waals surface area contributed by atoms with E-state index in [1.165, 1.54) is 11.3 Å². The average molecular weight is 141 g/mol. The Labute approximate surface area is 59.2 Å². The van der Waals surface area contributed by atoms with Gasteiger partial charge in [-0.05, 0) is 6.42 Å². The van der Waals surface area contributed by atoms with Crippen molar-refractivity contribution in [2.45, 2.75) is 13.3 Å². The topological polar surface area (TPSA) is 70.8 Å². The van der Waals surface area contributed by atoms with Crippen molar-refractivity contribution >= 4 is 5.95 Å². The van der Waals surface area contributed by atoms with E-state index in [0.29, 0.717) is 5.95 Å². The standard InChI is InChI=1S/C5H11N5/c1-2-3-10(6)5-7-4-8-9-5/h4H,2-3,6H2,1H3,(H,7,8,9). The van der Waals surface area contributed by atoms with E-state index >= 15 is 0 Å². The number of hydrogen-bond acceptors (Lipinski definition) is 4. The Morgan fingerprint density at radius 3 is 3.10 bits per heavy atom. The minimum Gasteiger partial charge on any atom is -0.279 e. The van der Waals surface area contributed by atoms with Gasteiger partial charge >= 0.3 is 0 Å². The van der Waals surface area contributed by atoms with Gasteiger partial charge in [-0.2, -0.15) is 10.1 Å². The van der Waals surface area contributed by atoms with Crippen LogP contribution in [0, 0.1) is 0 Å². The molecule has 0 aromatic carbocycles. The molecule has 0 amide bonds. The number of nitrogens with one attached hydrogen (secondary N) is 1. The SMILES string of the molecule is CCCN(N)c1ncn[nH]1. The summed E-state index contributed by atoms with van der Waals surface area (Å²) >= 11 is 0. The lowest BCUT2D eigenvalue weighted by molar-refractivity contribution is 0.776. The van der Waals surface area contributed by atoms with Gasteiger partial charge in [0.2, 0.25) is 5.95 Å². The summed E-state index contributed by atoms with van der Waals surface area (Å²) in [6, 6.07) is 0. The van der Waals surface area contributed by atoms with Crippen LogP contribution in [0.3, 0.4) is 0 Å². The maximum absolute atomic E-state index is 5.55. The molecule has 3 N–H and O–H groups in total. The van der Waals surface area contributed by atoms with E-state index in [-0.39, 0.29) is 0 Å². The third-order valence-corrected chi connectivity index (χ3v) is 1.14. The molecule has 0 atom stereocenters. The fraction of sp³-hybridized carbons (Fsp3) is 0.600. The Morgan fingerprint density at radius 2 is 2.60 bits per heavy atom. The lowest BCUT2D eigenvalue weighted by Crippen LogP contribution is -2.32. The second-order valence-corrected chi connectivity index (χ2v) is 2.00. The van der Waals surface area contributed by atoms with Gasteiger partial charge in [-0.3, -0.25) is 5.01 Å². The van der Waals surface area contributed by atoms with Gasteiger partial charge in [0.05, 0.1) is 0 Å². The van der Waals surface area contributed by atoms with Gasteiger partial charge in [-0.15, -0.1) is 0 Å². The number of hydrazine groups is 1. The summed E-state index contributed by atoms with van der Waals surface area (Å²) in [6.45, 7) is 2.84. The molecule has 1 rings (SSSR count). The molecule has 10 heavy (non-hydrogen) atoms. The molecule has 5 heteroatoms. The van der Waals surface area contributed by atoms with Crippen LogP contribution in [-0.2, 0) is 0 Å². The van der Waals surface area contributed by atoms with Gasteiger partial charge in [0.25, 0.3) is 0 Å². The monoisotopic (exact) mass is 141 g/mol. The Kier molecular flexibility index (Phi) is 2.22. The van der Waals surface area contributed by atoms with E-state index in [0.717, 1.165) is 13.0 Å². The summed E-state index contributed by atoms with van der Waals surface area (Å²) in [5.74, 6) is 6.16. The summed E-state index contributed by atoms with van der Waals surface area (Å²) in [6.07, 6.45) is 2.43. The molecule has 0 saturated heterocycles. The second-order valence-electron chi connectivity index (χ2n) is 2.00. The number of rotatable bonds is 3. The quantitative estimate of drug-likeness (QED) is 0.455. The predicted molar refractivity (Wildman–Crippen MR) is 38.2 cm³/mol. The van der Waals surface area contributed by atoms with E-state index in [1.807, 2.05) is 0 Å². The largest absolute Gasteiger partial charge is 0.279 e. The molecule has 0 aliphatic heterocycles. The van der Waals surface area contributed by atoms with Crippen LogP contribution < -0.4 is 10.9 Å². The summed E-state index contributed by atoms with van der Waals surface area (Å²) in [5.41, 5.74) is 0. The number of aromatic amines is 1. The van der Waals surface area contributed by atoms with Crippen LogP contribution in [0.2, 0.25) is 0 Å². The van der Waals surface area contributed by atoms with Crippen LogP contribution in [0.4, 0.5) is 5.95 Å². The van der Waals surface area contributed by atoms with Crippen LogP contribution in [0.15, 0.2) is 6.33 Å². The number of H-pyrrole nitrogens is 1. The van der Waals surface area contributed by atoms with Gasteiger partial charge in [-0.1, -0.05) is 6.92 Å². The zero-order chi connectivity index (χ0) is 7.40. The van der Waals surface area contributed by atoms with Crippen LogP contribution in [0.25, 0.3) is 0 Å². The molecule has 5 nitrogen and oxygen atoms in total. The highest BCUT2D eigenvalue weighted by Gasteiger charge is 2.00. The van der Waals surface area contributed by atoms with Crippen molar-refractivity contribution in [3.63, 3.8) is 0 Å². The Bertz CT molecular complexity index is 170. The van der Waals surface area contributed by atoms with Crippen molar-refractivity contribution in [1.82, 2.24) is 15.2 Å². The molecule has 0 aliphatic rings. The molecule has 1 heterocycles. The summed E-state index contributed by atoms with van der Waals surface area (Å²) in [7, 11) is 0. The number of aromatic nitrogens is 3. The minimum atomic E-state index is 0.613. The average Bonchev–Trinajstić information content (AvgIpc) is 2.38. The van der Waals surface area contributed by atoms with Gasteiger partial charge in [0, 0.05) is 6.54 Å². The Balaban J connectivity index is 2.50. The molecular weight excluding hydrogens is 130 g/mol. The molecule has 0 aliphatic carbocycles. The van der Waals surface area contributed by atoms with E-state index in [4.69, 9.17) is 5.84 Å².